The van der Waals surface area contributed by atoms with Gasteiger partial charge in [-0.1, -0.05) is 184 Å². The van der Waals surface area contributed by atoms with Gasteiger partial charge in [0.1, 0.15) is 6.10 Å². The number of rotatable bonds is 40. The molecule has 0 aliphatic heterocycles. The smallest absolute Gasteiger partial charge is 0.306 e. The molecule has 3 N–H and O–H groups in total. The Kier molecular flexibility index (Phi) is 41.3. The van der Waals surface area contributed by atoms with Gasteiger partial charge in [0.2, 0.25) is 5.91 Å². The van der Waals surface area contributed by atoms with Gasteiger partial charge >= 0.3 is 5.97 Å². The van der Waals surface area contributed by atoms with Crippen LogP contribution in [-0.2, 0) is 14.3 Å². The monoisotopic (exact) mass is 782 g/mol. The Bertz CT molecular complexity index is 1060. The minimum Gasteiger partial charge on any atom is -0.462 e. The summed E-state index contributed by atoms with van der Waals surface area (Å²) >= 11 is 0. The number of nitrogens with one attached hydrogen (secondary N) is 1. The molecule has 3 unspecified atom stereocenters. The Morgan fingerprint density at radius 2 is 0.982 bits per heavy atom. The normalized spacial score (nSPS) is 14.0. The quantitative estimate of drug-likeness (QED) is 0.0327. The molecule has 322 valence electrons. The van der Waals surface area contributed by atoms with Crippen molar-refractivity contribution in [2.75, 3.05) is 6.61 Å². The standard InChI is InChI=1S/C50H87NO5/c1-4-7-10-13-16-19-21-22-23-24-25-26-28-31-34-37-40-43-50(55)56-46(41-38-35-32-29-18-15-12-9-6-3)44-49(54)51-47(45-52)48(53)42-39-36-33-30-27-20-17-14-11-8-5-2/h7,10,15-16,18-19,22-23,25-26,31,34,46-48,52-53H,4-6,8-9,11-14,17,20-21,24,27-30,32-33,35-45H2,1-3H3,(H,51,54)/b10-7-,18-15-,19-16-,23-22-,26-25-,34-31-. The summed E-state index contributed by atoms with van der Waals surface area (Å²) in [4.78, 5) is 25.9. The third kappa shape index (κ3) is 38.2. The molecule has 0 saturated carbocycles. The van der Waals surface area contributed by atoms with Crippen LogP contribution >= 0.6 is 0 Å². The zero-order chi connectivity index (χ0) is 41.0. The van der Waals surface area contributed by atoms with Crippen LogP contribution in [0.3, 0.4) is 0 Å². The summed E-state index contributed by atoms with van der Waals surface area (Å²) in [6.45, 7) is 6.28. The number of hydrogen-bond donors (Lipinski definition) is 3. The van der Waals surface area contributed by atoms with Crippen LogP contribution in [0.25, 0.3) is 0 Å². The molecule has 0 fully saturated rings. The number of carbonyl (C=O) groups excluding carboxylic acids is 2. The number of ether oxygens (including phenoxy) is 1. The first-order valence-electron chi connectivity index (χ1n) is 23.2. The summed E-state index contributed by atoms with van der Waals surface area (Å²) in [7, 11) is 0. The Hall–Kier alpha value is -2.70. The summed E-state index contributed by atoms with van der Waals surface area (Å²) in [6, 6.07) is -0.718. The van der Waals surface area contributed by atoms with Crippen molar-refractivity contribution in [3.05, 3.63) is 72.9 Å². The Morgan fingerprint density at radius 1 is 0.536 bits per heavy atom. The third-order valence-corrected chi connectivity index (χ3v) is 10.0. The first-order valence-corrected chi connectivity index (χ1v) is 23.2. The molecular formula is C50H87NO5. The van der Waals surface area contributed by atoms with Crippen molar-refractivity contribution < 1.29 is 24.5 Å². The fourth-order valence-electron chi connectivity index (χ4n) is 6.50. The zero-order valence-corrected chi connectivity index (χ0v) is 36.5. The van der Waals surface area contributed by atoms with Crippen LogP contribution < -0.4 is 5.32 Å². The molecule has 6 nitrogen and oxygen atoms in total. The predicted octanol–water partition coefficient (Wildman–Crippen LogP) is 13.4. The number of allylic oxidation sites excluding steroid dienone is 12. The summed E-state index contributed by atoms with van der Waals surface area (Å²) < 4.78 is 5.85. The molecule has 0 aliphatic carbocycles. The number of esters is 1. The molecule has 0 bridgehead atoms. The molecule has 0 aromatic carbocycles. The maximum atomic E-state index is 13.1. The molecule has 0 aliphatic rings. The highest BCUT2D eigenvalue weighted by Gasteiger charge is 2.24. The predicted molar refractivity (Wildman–Crippen MR) is 241 cm³/mol. The molecule has 56 heavy (non-hydrogen) atoms. The molecule has 3 atom stereocenters. The maximum Gasteiger partial charge on any atom is 0.306 e. The van der Waals surface area contributed by atoms with Gasteiger partial charge < -0.3 is 20.3 Å². The Morgan fingerprint density at radius 3 is 1.54 bits per heavy atom. The highest BCUT2D eigenvalue weighted by Crippen LogP contribution is 2.16. The van der Waals surface area contributed by atoms with Crippen LogP contribution in [0.5, 0.6) is 0 Å². The fraction of sp³-hybridized carbons (Fsp3) is 0.720. The van der Waals surface area contributed by atoms with E-state index < -0.39 is 18.2 Å². The molecular weight excluding hydrogens is 695 g/mol. The third-order valence-electron chi connectivity index (χ3n) is 10.0. The molecule has 0 aromatic rings. The number of aliphatic hydroxyl groups excluding tert-OH is 2. The van der Waals surface area contributed by atoms with E-state index in [1.807, 2.05) is 0 Å². The average Bonchev–Trinajstić information content (AvgIpc) is 3.19. The topological polar surface area (TPSA) is 95.9 Å². The van der Waals surface area contributed by atoms with Crippen molar-refractivity contribution in [3.8, 4) is 0 Å². The van der Waals surface area contributed by atoms with Gasteiger partial charge in [0.25, 0.3) is 0 Å². The lowest BCUT2D eigenvalue weighted by molar-refractivity contribution is -0.151. The Labute approximate surface area is 345 Å². The highest BCUT2D eigenvalue weighted by atomic mass is 16.5. The van der Waals surface area contributed by atoms with E-state index in [0.29, 0.717) is 25.7 Å². The van der Waals surface area contributed by atoms with E-state index in [4.69, 9.17) is 4.74 Å². The maximum absolute atomic E-state index is 13.1. The Balaban J connectivity index is 4.63. The number of aliphatic hydroxyl groups is 2. The van der Waals surface area contributed by atoms with Crippen molar-refractivity contribution in [3.63, 3.8) is 0 Å². The lowest BCUT2D eigenvalue weighted by atomic mass is 10.0. The van der Waals surface area contributed by atoms with Gasteiger partial charge in [-0.15, -0.1) is 0 Å². The van der Waals surface area contributed by atoms with E-state index in [-0.39, 0.29) is 24.9 Å². The van der Waals surface area contributed by atoms with Gasteiger partial charge in [0.15, 0.2) is 0 Å². The van der Waals surface area contributed by atoms with Gasteiger partial charge in [0, 0.05) is 6.42 Å². The SMILES string of the molecule is CC/C=C\C/C=C\C/C=C\C/C=C\C/C=C\CCCC(=O)OC(CCCCC/C=C\CCCC)CC(=O)NC(CO)C(O)CCCCCCCCCCCCC. The van der Waals surface area contributed by atoms with Crippen molar-refractivity contribution in [1.29, 1.82) is 0 Å². The number of hydrogen-bond acceptors (Lipinski definition) is 5. The largest absolute Gasteiger partial charge is 0.462 e. The van der Waals surface area contributed by atoms with Crippen molar-refractivity contribution in [2.45, 2.75) is 225 Å². The first-order chi connectivity index (χ1) is 27.5. The van der Waals surface area contributed by atoms with Crippen molar-refractivity contribution >= 4 is 11.9 Å². The van der Waals surface area contributed by atoms with Gasteiger partial charge in [-0.25, -0.2) is 0 Å². The summed E-state index contributed by atoms with van der Waals surface area (Å²) in [5.41, 5.74) is 0. The van der Waals surface area contributed by atoms with Crippen LogP contribution in [0.15, 0.2) is 72.9 Å². The lowest BCUT2D eigenvalue weighted by Gasteiger charge is -2.24. The van der Waals surface area contributed by atoms with E-state index in [9.17, 15) is 19.8 Å². The molecule has 0 saturated heterocycles. The van der Waals surface area contributed by atoms with Crippen LogP contribution in [-0.4, -0.2) is 46.9 Å². The molecule has 0 heterocycles. The van der Waals surface area contributed by atoms with E-state index in [1.165, 1.54) is 64.2 Å². The summed E-state index contributed by atoms with van der Waals surface area (Å²) in [5, 5.41) is 23.6. The molecule has 6 heteroatoms. The second-order valence-electron chi connectivity index (χ2n) is 15.4. The van der Waals surface area contributed by atoms with E-state index in [2.05, 4.69) is 99.0 Å². The number of amides is 1. The minimum absolute atomic E-state index is 0.0408. The van der Waals surface area contributed by atoms with Crippen LogP contribution in [0.2, 0.25) is 0 Å². The van der Waals surface area contributed by atoms with Gasteiger partial charge in [-0.05, 0) is 83.5 Å². The highest BCUT2D eigenvalue weighted by molar-refractivity contribution is 5.77. The summed E-state index contributed by atoms with van der Waals surface area (Å²) in [5.74, 6) is -0.568. The van der Waals surface area contributed by atoms with Gasteiger partial charge in [0.05, 0.1) is 25.2 Å². The summed E-state index contributed by atoms with van der Waals surface area (Å²) in [6.07, 6.45) is 54.0. The van der Waals surface area contributed by atoms with Crippen LogP contribution in [0.1, 0.15) is 207 Å². The van der Waals surface area contributed by atoms with Crippen LogP contribution in [0.4, 0.5) is 0 Å². The second kappa shape index (κ2) is 43.4. The lowest BCUT2D eigenvalue weighted by Crippen LogP contribution is -2.46. The molecule has 1 amide bonds. The molecule has 0 rings (SSSR count). The number of unbranched alkanes of at least 4 members (excludes halogenated alkanes) is 16. The van der Waals surface area contributed by atoms with Crippen molar-refractivity contribution in [1.82, 2.24) is 5.32 Å². The van der Waals surface area contributed by atoms with E-state index in [1.54, 1.807) is 0 Å². The van der Waals surface area contributed by atoms with Gasteiger partial charge in [-0.2, -0.15) is 0 Å². The van der Waals surface area contributed by atoms with Crippen LogP contribution in [0, 0.1) is 0 Å². The molecule has 0 spiro atoms. The van der Waals surface area contributed by atoms with E-state index >= 15 is 0 Å². The van der Waals surface area contributed by atoms with Crippen molar-refractivity contribution in [2.24, 2.45) is 0 Å². The first kappa shape index (κ1) is 53.3. The second-order valence-corrected chi connectivity index (χ2v) is 15.4. The fourth-order valence-corrected chi connectivity index (χ4v) is 6.50. The minimum atomic E-state index is -0.801. The zero-order valence-electron chi connectivity index (χ0n) is 36.5. The van der Waals surface area contributed by atoms with Gasteiger partial charge in [-0.3, -0.25) is 9.59 Å². The average molecular weight is 782 g/mol. The molecule has 0 aromatic heterocycles. The molecule has 0 radical (unpaired) electrons. The van der Waals surface area contributed by atoms with E-state index in [0.717, 1.165) is 89.9 Å². The number of carbonyl (C=O) groups is 2.